The fraction of sp³-hybridized carbons (Fsp3) is 0.167. The van der Waals surface area contributed by atoms with Crippen LogP contribution in [0.5, 0.6) is 5.75 Å². The van der Waals surface area contributed by atoms with E-state index in [-0.39, 0.29) is 28.0 Å². The van der Waals surface area contributed by atoms with E-state index in [2.05, 4.69) is 0 Å². The van der Waals surface area contributed by atoms with Crippen LogP contribution in [-0.2, 0) is 0 Å². The van der Waals surface area contributed by atoms with Gasteiger partial charge in [-0.15, -0.1) is 0 Å². The van der Waals surface area contributed by atoms with E-state index in [1.54, 1.807) is 0 Å². The molecular weight excluding hydrogens is 208 g/mol. The van der Waals surface area contributed by atoms with E-state index in [1.807, 2.05) is 0 Å². The average molecular weight is 218 g/mol. The van der Waals surface area contributed by atoms with Crippen molar-refractivity contribution in [3.63, 3.8) is 0 Å². The Hall–Kier alpha value is -1.94. The van der Waals surface area contributed by atoms with Gasteiger partial charge < -0.3 is 10.2 Å². The summed E-state index contributed by atoms with van der Waals surface area (Å²) in [6.45, 7) is 1.01. The molecule has 1 aliphatic rings. The molecular formula is C12H10O4. The predicted molar refractivity (Wildman–Crippen MR) is 56.6 cm³/mol. The molecule has 0 saturated carbocycles. The number of phenols is 1. The number of carbonyl (C=O) groups is 2. The molecule has 1 aromatic carbocycles. The second kappa shape index (κ2) is 3.57. The fourth-order valence-corrected chi connectivity index (χ4v) is 1.82. The van der Waals surface area contributed by atoms with Gasteiger partial charge in [-0.2, -0.15) is 0 Å². The highest BCUT2D eigenvalue weighted by Crippen LogP contribution is 2.31. The normalized spacial score (nSPS) is 15.4. The SMILES string of the molecule is CC1=C(CO)C(=O)c2cccc(O)c2C1=O. The summed E-state index contributed by atoms with van der Waals surface area (Å²) in [4.78, 5) is 23.7. The van der Waals surface area contributed by atoms with Crippen LogP contribution >= 0.6 is 0 Å². The minimum absolute atomic E-state index is 0.0298. The molecule has 0 amide bonds. The zero-order valence-corrected chi connectivity index (χ0v) is 8.65. The molecule has 1 aromatic rings. The number of hydrogen-bond donors (Lipinski definition) is 2. The lowest BCUT2D eigenvalue weighted by molar-refractivity contribution is 0.0960. The minimum atomic E-state index is -0.467. The zero-order chi connectivity index (χ0) is 11.9. The standard InChI is InChI=1S/C12H10O4/c1-6-8(5-13)12(16)7-3-2-4-9(14)10(7)11(6)15/h2-4,13-14H,5H2,1H3. The first-order valence-electron chi connectivity index (χ1n) is 4.80. The van der Waals surface area contributed by atoms with Gasteiger partial charge in [-0.3, -0.25) is 9.59 Å². The van der Waals surface area contributed by atoms with Crippen LogP contribution in [0.1, 0.15) is 27.6 Å². The van der Waals surface area contributed by atoms with E-state index in [9.17, 15) is 14.7 Å². The molecule has 0 aromatic heterocycles. The van der Waals surface area contributed by atoms with E-state index in [1.165, 1.54) is 25.1 Å². The van der Waals surface area contributed by atoms with Gasteiger partial charge in [-0.05, 0) is 13.0 Å². The first-order chi connectivity index (χ1) is 7.57. The minimum Gasteiger partial charge on any atom is -0.507 e. The van der Waals surface area contributed by atoms with Crippen molar-refractivity contribution < 1.29 is 19.8 Å². The van der Waals surface area contributed by atoms with Gasteiger partial charge in [0.2, 0.25) is 0 Å². The highest BCUT2D eigenvalue weighted by atomic mass is 16.3. The molecule has 16 heavy (non-hydrogen) atoms. The van der Waals surface area contributed by atoms with Gasteiger partial charge >= 0.3 is 0 Å². The third-order valence-electron chi connectivity index (χ3n) is 2.74. The number of Topliss-reactive ketones (excluding diaryl/α,β-unsaturated/α-hetero) is 2. The molecule has 0 fully saturated rings. The summed E-state index contributed by atoms with van der Waals surface area (Å²) in [6, 6.07) is 4.33. The van der Waals surface area contributed by atoms with Crippen LogP contribution in [0.4, 0.5) is 0 Å². The van der Waals surface area contributed by atoms with E-state index in [0.29, 0.717) is 0 Å². The molecule has 4 heteroatoms. The number of hydrogen-bond acceptors (Lipinski definition) is 4. The van der Waals surface area contributed by atoms with Crippen molar-refractivity contribution in [2.75, 3.05) is 6.61 Å². The molecule has 1 aliphatic carbocycles. The molecule has 4 nitrogen and oxygen atoms in total. The number of aliphatic hydroxyl groups is 1. The lowest BCUT2D eigenvalue weighted by Gasteiger charge is -2.18. The van der Waals surface area contributed by atoms with E-state index < -0.39 is 18.2 Å². The molecule has 0 spiro atoms. The van der Waals surface area contributed by atoms with Crippen molar-refractivity contribution >= 4 is 11.6 Å². The number of benzene rings is 1. The number of carbonyl (C=O) groups excluding carboxylic acids is 2. The third kappa shape index (κ3) is 1.27. The maximum atomic E-state index is 11.9. The van der Waals surface area contributed by atoms with Crippen LogP contribution in [0.25, 0.3) is 0 Å². The number of aliphatic hydroxyl groups excluding tert-OH is 1. The maximum Gasteiger partial charge on any atom is 0.193 e. The number of ketones is 2. The Kier molecular flexibility index (Phi) is 2.36. The predicted octanol–water partition coefficient (Wildman–Crippen LogP) is 1.08. The summed E-state index contributed by atoms with van der Waals surface area (Å²) in [5.41, 5.74) is 0.478. The summed E-state index contributed by atoms with van der Waals surface area (Å²) in [5, 5.41) is 18.6. The smallest absolute Gasteiger partial charge is 0.193 e. The summed E-state index contributed by atoms with van der Waals surface area (Å²) in [6.07, 6.45) is 0. The first kappa shape index (κ1) is 10.6. The molecule has 0 saturated heterocycles. The fourth-order valence-electron chi connectivity index (χ4n) is 1.82. The Morgan fingerprint density at radius 1 is 1.19 bits per heavy atom. The summed E-state index contributed by atoms with van der Waals surface area (Å²) < 4.78 is 0. The van der Waals surface area contributed by atoms with Gasteiger partial charge in [-0.25, -0.2) is 0 Å². The lowest BCUT2D eigenvalue weighted by Crippen LogP contribution is -2.22. The average Bonchev–Trinajstić information content (AvgIpc) is 2.27. The van der Waals surface area contributed by atoms with Crippen molar-refractivity contribution in [2.45, 2.75) is 6.92 Å². The van der Waals surface area contributed by atoms with Gasteiger partial charge in [0.15, 0.2) is 11.6 Å². The third-order valence-corrected chi connectivity index (χ3v) is 2.74. The van der Waals surface area contributed by atoms with Crippen LogP contribution in [0.3, 0.4) is 0 Å². The topological polar surface area (TPSA) is 74.6 Å². The highest BCUT2D eigenvalue weighted by molar-refractivity contribution is 6.27. The van der Waals surface area contributed by atoms with E-state index >= 15 is 0 Å². The summed E-state index contributed by atoms with van der Waals surface area (Å²) in [5.74, 6) is -1.01. The van der Waals surface area contributed by atoms with E-state index in [4.69, 9.17) is 5.11 Å². The van der Waals surface area contributed by atoms with Crippen molar-refractivity contribution in [1.82, 2.24) is 0 Å². The van der Waals surface area contributed by atoms with Gasteiger partial charge in [0.05, 0.1) is 12.2 Å². The number of aromatic hydroxyl groups is 1. The molecule has 0 radical (unpaired) electrons. The Morgan fingerprint density at radius 2 is 1.88 bits per heavy atom. The molecule has 82 valence electrons. The second-order valence-corrected chi connectivity index (χ2v) is 3.62. The Balaban J connectivity index is 2.74. The van der Waals surface area contributed by atoms with Crippen LogP contribution in [0, 0.1) is 0 Å². The summed E-state index contributed by atoms with van der Waals surface area (Å²) >= 11 is 0. The molecule has 0 heterocycles. The molecule has 2 N–H and O–H groups in total. The lowest BCUT2D eigenvalue weighted by atomic mass is 9.84. The molecule has 2 rings (SSSR count). The van der Waals surface area contributed by atoms with Gasteiger partial charge in [0, 0.05) is 16.7 Å². The van der Waals surface area contributed by atoms with Gasteiger partial charge in [0.1, 0.15) is 5.75 Å². The Bertz CT molecular complexity index is 526. The van der Waals surface area contributed by atoms with Crippen molar-refractivity contribution in [3.05, 3.63) is 40.5 Å². The van der Waals surface area contributed by atoms with Crippen molar-refractivity contribution in [1.29, 1.82) is 0 Å². The quantitative estimate of drug-likeness (QED) is 0.739. The molecule has 0 atom stereocenters. The zero-order valence-electron chi connectivity index (χ0n) is 8.65. The van der Waals surface area contributed by atoms with Crippen LogP contribution in [0.15, 0.2) is 29.3 Å². The Morgan fingerprint density at radius 3 is 2.50 bits per heavy atom. The number of allylic oxidation sites excluding steroid dienone is 1. The monoisotopic (exact) mass is 218 g/mol. The first-order valence-corrected chi connectivity index (χ1v) is 4.80. The molecule has 0 aliphatic heterocycles. The molecule has 0 bridgehead atoms. The molecule has 0 unspecified atom stereocenters. The van der Waals surface area contributed by atoms with Gasteiger partial charge in [0.25, 0.3) is 0 Å². The number of phenolic OH excluding ortho intramolecular Hbond substituents is 1. The highest BCUT2D eigenvalue weighted by Gasteiger charge is 2.31. The number of rotatable bonds is 1. The van der Waals surface area contributed by atoms with Crippen LogP contribution in [0.2, 0.25) is 0 Å². The van der Waals surface area contributed by atoms with Crippen LogP contribution in [-0.4, -0.2) is 28.4 Å². The summed E-state index contributed by atoms with van der Waals surface area (Å²) in [7, 11) is 0. The van der Waals surface area contributed by atoms with Crippen molar-refractivity contribution in [2.24, 2.45) is 0 Å². The second-order valence-electron chi connectivity index (χ2n) is 3.62. The van der Waals surface area contributed by atoms with E-state index in [0.717, 1.165) is 0 Å². The largest absolute Gasteiger partial charge is 0.507 e. The maximum absolute atomic E-state index is 11.9. The van der Waals surface area contributed by atoms with Crippen LogP contribution < -0.4 is 0 Å². The van der Waals surface area contributed by atoms with Crippen molar-refractivity contribution in [3.8, 4) is 5.75 Å². The number of fused-ring (bicyclic) bond motifs is 1. The Labute approximate surface area is 91.8 Å². The van der Waals surface area contributed by atoms with Gasteiger partial charge in [-0.1, -0.05) is 12.1 Å².